The predicted octanol–water partition coefficient (Wildman–Crippen LogP) is 1.70. The highest BCUT2D eigenvalue weighted by Crippen LogP contribution is 2.31. The third-order valence-corrected chi connectivity index (χ3v) is 2.53. The van der Waals surface area contributed by atoms with Gasteiger partial charge in [0.25, 0.3) is 5.91 Å². The molecule has 0 aliphatic carbocycles. The van der Waals surface area contributed by atoms with E-state index in [4.69, 9.17) is 5.73 Å². The first kappa shape index (κ1) is 15.0. The molecule has 4 nitrogen and oxygen atoms in total. The van der Waals surface area contributed by atoms with Crippen LogP contribution in [0.2, 0.25) is 0 Å². The normalized spacial score (nSPS) is 12.8. The van der Waals surface area contributed by atoms with Crippen LogP contribution in [-0.2, 0) is 11.0 Å². The van der Waals surface area contributed by atoms with Crippen molar-refractivity contribution in [2.75, 3.05) is 0 Å². The topological polar surface area (TPSA) is 72.2 Å². The van der Waals surface area contributed by atoms with E-state index >= 15 is 0 Å². The molecule has 0 aliphatic rings. The molecule has 0 saturated carbocycles. The van der Waals surface area contributed by atoms with E-state index in [0.29, 0.717) is 0 Å². The molecule has 1 aromatic carbocycles. The summed E-state index contributed by atoms with van der Waals surface area (Å²) in [5, 5.41) is 2.18. The molecule has 0 spiro atoms. The molecular weight excluding hydrogens is 261 g/mol. The molecule has 104 valence electrons. The van der Waals surface area contributed by atoms with E-state index in [1.807, 2.05) is 0 Å². The molecule has 1 atom stereocenters. The van der Waals surface area contributed by atoms with Crippen LogP contribution >= 0.6 is 0 Å². The molecule has 0 unspecified atom stereocenters. The van der Waals surface area contributed by atoms with E-state index in [-0.39, 0.29) is 6.42 Å². The summed E-state index contributed by atoms with van der Waals surface area (Å²) in [4.78, 5) is 22.7. The van der Waals surface area contributed by atoms with Gasteiger partial charge in [-0.1, -0.05) is 19.1 Å². The molecule has 19 heavy (non-hydrogen) atoms. The van der Waals surface area contributed by atoms with Crippen molar-refractivity contribution in [3.8, 4) is 0 Å². The van der Waals surface area contributed by atoms with Crippen molar-refractivity contribution in [1.29, 1.82) is 0 Å². The Morgan fingerprint density at radius 3 is 2.37 bits per heavy atom. The van der Waals surface area contributed by atoms with E-state index < -0.39 is 35.2 Å². The van der Waals surface area contributed by atoms with Crippen molar-refractivity contribution in [2.45, 2.75) is 25.6 Å². The molecule has 0 saturated heterocycles. The number of alkyl halides is 3. The zero-order valence-corrected chi connectivity index (χ0v) is 10.1. The average molecular weight is 274 g/mol. The summed E-state index contributed by atoms with van der Waals surface area (Å²) >= 11 is 0. The second-order valence-electron chi connectivity index (χ2n) is 3.88. The number of nitrogens with two attached hydrogens (primary N) is 1. The van der Waals surface area contributed by atoms with Crippen LogP contribution in [0.1, 0.15) is 29.3 Å². The molecule has 0 heterocycles. The van der Waals surface area contributed by atoms with Crippen molar-refractivity contribution in [3.05, 3.63) is 35.4 Å². The molecule has 1 aromatic rings. The number of amides is 2. The molecule has 0 aliphatic heterocycles. The van der Waals surface area contributed by atoms with Crippen LogP contribution in [0, 0.1) is 0 Å². The SMILES string of the molecule is CC[C@H](NC(=O)c1ccccc1C(F)(F)F)C(N)=O. The van der Waals surface area contributed by atoms with Gasteiger partial charge in [0.05, 0.1) is 11.1 Å². The first-order valence-electron chi connectivity index (χ1n) is 5.53. The number of nitrogens with one attached hydrogen (secondary N) is 1. The van der Waals surface area contributed by atoms with Gasteiger partial charge in [-0.05, 0) is 18.6 Å². The average Bonchev–Trinajstić information content (AvgIpc) is 2.34. The number of hydrogen-bond donors (Lipinski definition) is 2. The standard InChI is InChI=1S/C12H13F3N2O2/c1-2-9(10(16)18)17-11(19)7-5-3-4-6-8(7)12(13,14)15/h3-6,9H,2H2,1H3,(H2,16,18)(H,17,19)/t9-/m0/s1. The van der Waals surface area contributed by atoms with Gasteiger partial charge in [-0.15, -0.1) is 0 Å². The van der Waals surface area contributed by atoms with Gasteiger partial charge in [-0.25, -0.2) is 0 Å². The van der Waals surface area contributed by atoms with E-state index in [1.165, 1.54) is 12.1 Å². The highest BCUT2D eigenvalue weighted by atomic mass is 19.4. The van der Waals surface area contributed by atoms with Crippen molar-refractivity contribution in [3.63, 3.8) is 0 Å². The highest BCUT2D eigenvalue weighted by molar-refractivity contribution is 5.98. The van der Waals surface area contributed by atoms with Crippen LogP contribution in [0.3, 0.4) is 0 Å². The Hall–Kier alpha value is -2.05. The second-order valence-corrected chi connectivity index (χ2v) is 3.88. The lowest BCUT2D eigenvalue weighted by atomic mass is 10.1. The second kappa shape index (κ2) is 5.73. The quantitative estimate of drug-likeness (QED) is 0.877. The zero-order chi connectivity index (χ0) is 14.6. The number of halogens is 3. The predicted molar refractivity (Wildman–Crippen MR) is 62.2 cm³/mol. The van der Waals surface area contributed by atoms with Gasteiger partial charge in [-0.2, -0.15) is 13.2 Å². The first-order chi connectivity index (χ1) is 8.77. The highest BCUT2D eigenvalue weighted by Gasteiger charge is 2.35. The summed E-state index contributed by atoms with van der Waals surface area (Å²) in [6.45, 7) is 1.59. The monoisotopic (exact) mass is 274 g/mol. The van der Waals surface area contributed by atoms with Crippen LogP contribution < -0.4 is 11.1 Å². The molecule has 0 fully saturated rings. The maximum absolute atomic E-state index is 12.7. The Morgan fingerprint density at radius 1 is 1.32 bits per heavy atom. The van der Waals surface area contributed by atoms with Crippen LogP contribution in [0.5, 0.6) is 0 Å². The Kier molecular flexibility index (Phi) is 4.52. The molecular formula is C12H13F3N2O2. The molecule has 3 N–H and O–H groups in total. The van der Waals surface area contributed by atoms with E-state index in [2.05, 4.69) is 5.32 Å². The maximum Gasteiger partial charge on any atom is 0.417 e. The summed E-state index contributed by atoms with van der Waals surface area (Å²) in [6.07, 6.45) is -4.43. The minimum atomic E-state index is -4.64. The molecule has 2 amide bonds. The smallest absolute Gasteiger partial charge is 0.368 e. The maximum atomic E-state index is 12.7. The summed E-state index contributed by atoms with van der Waals surface area (Å²) < 4.78 is 38.1. The largest absolute Gasteiger partial charge is 0.417 e. The lowest BCUT2D eigenvalue weighted by molar-refractivity contribution is -0.137. The first-order valence-corrected chi connectivity index (χ1v) is 5.53. The van der Waals surface area contributed by atoms with Crippen molar-refractivity contribution in [2.24, 2.45) is 5.73 Å². The lowest BCUT2D eigenvalue weighted by Crippen LogP contribution is -2.44. The number of primary amides is 1. The number of benzene rings is 1. The summed E-state index contributed by atoms with van der Waals surface area (Å²) in [5.74, 6) is -1.76. The Labute approximate surface area is 107 Å². The number of hydrogen-bond acceptors (Lipinski definition) is 2. The third kappa shape index (κ3) is 3.70. The number of carbonyl (C=O) groups is 2. The minimum Gasteiger partial charge on any atom is -0.368 e. The van der Waals surface area contributed by atoms with Crippen molar-refractivity contribution in [1.82, 2.24) is 5.32 Å². The van der Waals surface area contributed by atoms with Gasteiger partial charge in [0.1, 0.15) is 6.04 Å². The van der Waals surface area contributed by atoms with Crippen LogP contribution in [0.15, 0.2) is 24.3 Å². The van der Waals surface area contributed by atoms with Crippen LogP contribution in [0.4, 0.5) is 13.2 Å². The third-order valence-electron chi connectivity index (χ3n) is 2.53. The molecule has 0 radical (unpaired) electrons. The Balaban J connectivity index is 3.04. The Bertz CT molecular complexity index is 486. The van der Waals surface area contributed by atoms with Gasteiger partial charge in [0.2, 0.25) is 5.91 Å². The van der Waals surface area contributed by atoms with Crippen LogP contribution in [-0.4, -0.2) is 17.9 Å². The van der Waals surface area contributed by atoms with Crippen LogP contribution in [0.25, 0.3) is 0 Å². The summed E-state index contributed by atoms with van der Waals surface area (Å²) in [5.41, 5.74) is 3.44. The van der Waals surface area contributed by atoms with Crippen molar-refractivity contribution >= 4 is 11.8 Å². The minimum absolute atomic E-state index is 0.204. The molecule has 0 aromatic heterocycles. The number of rotatable bonds is 4. The zero-order valence-electron chi connectivity index (χ0n) is 10.1. The molecule has 7 heteroatoms. The van der Waals surface area contributed by atoms with Gasteiger partial charge >= 0.3 is 6.18 Å². The fraction of sp³-hybridized carbons (Fsp3) is 0.333. The summed E-state index contributed by atoms with van der Waals surface area (Å²) in [7, 11) is 0. The van der Waals surface area contributed by atoms with Crippen molar-refractivity contribution < 1.29 is 22.8 Å². The fourth-order valence-corrected chi connectivity index (χ4v) is 1.54. The Morgan fingerprint density at radius 2 is 1.89 bits per heavy atom. The van der Waals surface area contributed by atoms with E-state index in [1.54, 1.807) is 6.92 Å². The number of carbonyl (C=O) groups excluding carboxylic acids is 2. The van der Waals surface area contributed by atoms with E-state index in [0.717, 1.165) is 12.1 Å². The molecule has 0 bridgehead atoms. The lowest BCUT2D eigenvalue weighted by Gasteiger charge is -2.16. The summed E-state index contributed by atoms with van der Waals surface area (Å²) in [6, 6.07) is 3.36. The van der Waals surface area contributed by atoms with Gasteiger partial charge < -0.3 is 11.1 Å². The fourth-order valence-electron chi connectivity index (χ4n) is 1.54. The van der Waals surface area contributed by atoms with Gasteiger partial charge in [0, 0.05) is 0 Å². The van der Waals surface area contributed by atoms with E-state index in [9.17, 15) is 22.8 Å². The molecule has 1 rings (SSSR count). The van der Waals surface area contributed by atoms with Gasteiger partial charge in [0.15, 0.2) is 0 Å². The van der Waals surface area contributed by atoms with Gasteiger partial charge in [-0.3, -0.25) is 9.59 Å².